The highest BCUT2D eigenvalue weighted by Gasteiger charge is 2.16. The van der Waals surface area contributed by atoms with Crippen LogP contribution in [0, 0.1) is 6.92 Å². The van der Waals surface area contributed by atoms with Crippen molar-refractivity contribution in [1.29, 1.82) is 0 Å². The van der Waals surface area contributed by atoms with E-state index < -0.39 is 0 Å². The number of fused-ring (bicyclic) bond motifs is 1. The van der Waals surface area contributed by atoms with Crippen molar-refractivity contribution < 1.29 is 9.47 Å². The molecule has 0 radical (unpaired) electrons. The van der Waals surface area contributed by atoms with E-state index in [1.807, 2.05) is 47.9 Å². The highest BCUT2D eigenvalue weighted by molar-refractivity contribution is 5.86. The molecule has 0 saturated carbocycles. The molecule has 108 valence electrons. The van der Waals surface area contributed by atoms with Crippen molar-refractivity contribution in [2.24, 2.45) is 0 Å². The first kappa shape index (κ1) is 13.3. The van der Waals surface area contributed by atoms with Gasteiger partial charge in [-0.1, -0.05) is 12.1 Å². The van der Waals surface area contributed by atoms with Crippen LogP contribution in [0.15, 0.2) is 36.4 Å². The van der Waals surface area contributed by atoms with Gasteiger partial charge in [0.2, 0.25) is 5.95 Å². The van der Waals surface area contributed by atoms with Crippen LogP contribution in [0.3, 0.4) is 0 Å². The summed E-state index contributed by atoms with van der Waals surface area (Å²) in [5, 5.41) is 0. The third kappa shape index (κ3) is 2.07. The number of aryl methyl sites for hydroxylation is 1. The quantitative estimate of drug-likeness (QED) is 0.802. The molecule has 0 amide bonds. The second-order valence-corrected chi connectivity index (χ2v) is 4.81. The second-order valence-electron chi connectivity index (χ2n) is 4.81. The van der Waals surface area contributed by atoms with E-state index in [1.54, 1.807) is 14.2 Å². The lowest BCUT2D eigenvalue weighted by Crippen LogP contribution is -2.03. The summed E-state index contributed by atoms with van der Waals surface area (Å²) >= 11 is 0. The molecule has 0 fully saturated rings. The van der Waals surface area contributed by atoms with E-state index in [4.69, 9.17) is 15.2 Å². The summed E-state index contributed by atoms with van der Waals surface area (Å²) in [6.45, 7) is 2.03. The Hall–Kier alpha value is -2.69. The van der Waals surface area contributed by atoms with Crippen molar-refractivity contribution in [3.05, 3.63) is 42.0 Å². The molecule has 0 aliphatic heterocycles. The first-order chi connectivity index (χ1) is 10.2. The van der Waals surface area contributed by atoms with Crippen molar-refractivity contribution in [1.82, 2.24) is 9.55 Å². The molecule has 5 heteroatoms. The maximum absolute atomic E-state index is 6.12. The Bertz CT molecular complexity index is 809. The lowest BCUT2D eigenvalue weighted by molar-refractivity contribution is 0.413. The fourth-order valence-corrected chi connectivity index (χ4v) is 2.48. The van der Waals surface area contributed by atoms with Gasteiger partial charge in [0.1, 0.15) is 17.0 Å². The second kappa shape index (κ2) is 5.01. The van der Waals surface area contributed by atoms with Gasteiger partial charge in [-0.15, -0.1) is 0 Å². The number of anilines is 1. The Morgan fingerprint density at radius 2 is 1.81 bits per heavy atom. The van der Waals surface area contributed by atoms with Gasteiger partial charge in [-0.2, -0.15) is 0 Å². The molecular formula is C16H17N3O2. The fourth-order valence-electron chi connectivity index (χ4n) is 2.48. The first-order valence-corrected chi connectivity index (χ1v) is 6.61. The maximum Gasteiger partial charge on any atom is 0.206 e. The Balaban J connectivity index is 2.35. The van der Waals surface area contributed by atoms with Gasteiger partial charge < -0.3 is 15.2 Å². The number of ether oxygens (including phenoxy) is 2. The molecular weight excluding hydrogens is 266 g/mol. The van der Waals surface area contributed by atoms with Crippen molar-refractivity contribution in [2.75, 3.05) is 20.0 Å². The molecule has 0 atom stereocenters. The molecule has 0 bridgehead atoms. The van der Waals surface area contributed by atoms with Crippen molar-refractivity contribution in [3.63, 3.8) is 0 Å². The standard InChI is InChI=1S/C16H17N3O2/c1-10-7-8-13(20-2)12(9-10)19-11-5-4-6-14(21-3)15(11)18-16(19)17/h4-9H,1-3H3,(H2,17,18). The largest absolute Gasteiger partial charge is 0.495 e. The Morgan fingerprint density at radius 1 is 1.05 bits per heavy atom. The van der Waals surface area contributed by atoms with E-state index in [-0.39, 0.29) is 0 Å². The summed E-state index contributed by atoms with van der Waals surface area (Å²) in [6.07, 6.45) is 0. The summed E-state index contributed by atoms with van der Waals surface area (Å²) in [4.78, 5) is 4.43. The highest BCUT2D eigenvalue weighted by atomic mass is 16.5. The molecule has 21 heavy (non-hydrogen) atoms. The number of nitrogen functional groups attached to an aromatic ring is 1. The summed E-state index contributed by atoms with van der Waals surface area (Å²) in [7, 11) is 3.27. The zero-order valence-corrected chi connectivity index (χ0v) is 12.3. The number of rotatable bonds is 3. The number of nitrogens with zero attached hydrogens (tertiary/aromatic N) is 2. The lowest BCUT2D eigenvalue weighted by atomic mass is 10.2. The number of nitrogens with two attached hydrogens (primary N) is 1. The lowest BCUT2D eigenvalue weighted by Gasteiger charge is -2.12. The minimum absolute atomic E-state index is 0.401. The molecule has 2 N–H and O–H groups in total. The fraction of sp³-hybridized carbons (Fsp3) is 0.188. The number of para-hydroxylation sites is 1. The van der Waals surface area contributed by atoms with Crippen LogP contribution < -0.4 is 15.2 Å². The topological polar surface area (TPSA) is 62.3 Å². The third-order valence-electron chi connectivity index (χ3n) is 3.47. The first-order valence-electron chi connectivity index (χ1n) is 6.61. The van der Waals surface area contributed by atoms with E-state index in [1.165, 1.54) is 0 Å². The predicted molar refractivity (Wildman–Crippen MR) is 83.3 cm³/mol. The number of methoxy groups -OCH3 is 2. The smallest absolute Gasteiger partial charge is 0.206 e. The predicted octanol–water partition coefficient (Wildman–Crippen LogP) is 2.93. The van der Waals surface area contributed by atoms with Gasteiger partial charge in [-0.3, -0.25) is 4.57 Å². The van der Waals surface area contributed by atoms with Crippen molar-refractivity contribution in [3.8, 4) is 17.2 Å². The molecule has 0 unspecified atom stereocenters. The molecule has 1 heterocycles. The molecule has 0 spiro atoms. The SMILES string of the molecule is COc1ccc(C)cc1-n1c(N)nc2c(OC)cccc21. The molecule has 0 aliphatic rings. The number of aromatic nitrogens is 2. The van der Waals surface area contributed by atoms with E-state index in [0.717, 1.165) is 28.0 Å². The molecule has 3 rings (SSSR count). The van der Waals surface area contributed by atoms with Gasteiger partial charge in [-0.25, -0.2) is 4.98 Å². The number of imidazole rings is 1. The van der Waals surface area contributed by atoms with Gasteiger partial charge in [0.05, 0.1) is 25.4 Å². The molecule has 0 saturated heterocycles. The number of hydrogen-bond donors (Lipinski definition) is 1. The van der Waals surface area contributed by atoms with Crippen molar-refractivity contribution in [2.45, 2.75) is 6.92 Å². The van der Waals surface area contributed by atoms with E-state index >= 15 is 0 Å². The van der Waals surface area contributed by atoms with E-state index in [0.29, 0.717) is 11.7 Å². The van der Waals surface area contributed by atoms with Crippen LogP contribution in [0.4, 0.5) is 5.95 Å². The van der Waals surface area contributed by atoms with Crippen LogP contribution in [0.5, 0.6) is 11.5 Å². The maximum atomic E-state index is 6.12. The monoisotopic (exact) mass is 283 g/mol. The molecule has 1 aromatic heterocycles. The van der Waals surface area contributed by atoms with Gasteiger partial charge in [0.15, 0.2) is 0 Å². The van der Waals surface area contributed by atoms with Crippen LogP contribution in [0.1, 0.15) is 5.56 Å². The molecule has 3 aromatic rings. The van der Waals surface area contributed by atoms with Gasteiger partial charge in [-0.05, 0) is 36.8 Å². The van der Waals surface area contributed by atoms with Crippen LogP contribution in [0.2, 0.25) is 0 Å². The molecule has 2 aromatic carbocycles. The summed E-state index contributed by atoms with van der Waals surface area (Å²) in [5.74, 6) is 1.84. The van der Waals surface area contributed by atoms with Crippen LogP contribution >= 0.6 is 0 Å². The van der Waals surface area contributed by atoms with Crippen molar-refractivity contribution >= 4 is 17.0 Å². The Kier molecular flexibility index (Phi) is 3.17. The summed E-state index contributed by atoms with van der Waals surface area (Å²) in [5.41, 5.74) is 9.73. The Labute approximate surface area is 122 Å². The van der Waals surface area contributed by atoms with Gasteiger partial charge in [0.25, 0.3) is 0 Å². The molecule has 0 aliphatic carbocycles. The normalized spacial score (nSPS) is 10.8. The van der Waals surface area contributed by atoms with Gasteiger partial charge >= 0.3 is 0 Å². The molecule has 5 nitrogen and oxygen atoms in total. The third-order valence-corrected chi connectivity index (χ3v) is 3.47. The van der Waals surface area contributed by atoms with E-state index in [9.17, 15) is 0 Å². The average molecular weight is 283 g/mol. The zero-order chi connectivity index (χ0) is 15.0. The van der Waals surface area contributed by atoms with Crippen LogP contribution in [-0.4, -0.2) is 23.8 Å². The average Bonchev–Trinajstić information content (AvgIpc) is 2.82. The minimum atomic E-state index is 0.401. The summed E-state index contributed by atoms with van der Waals surface area (Å²) in [6, 6.07) is 11.7. The zero-order valence-electron chi connectivity index (χ0n) is 12.3. The minimum Gasteiger partial charge on any atom is -0.495 e. The Morgan fingerprint density at radius 3 is 2.52 bits per heavy atom. The van der Waals surface area contributed by atoms with Gasteiger partial charge in [0, 0.05) is 0 Å². The number of hydrogen-bond acceptors (Lipinski definition) is 4. The van der Waals surface area contributed by atoms with Crippen LogP contribution in [0.25, 0.3) is 16.7 Å². The van der Waals surface area contributed by atoms with E-state index in [2.05, 4.69) is 4.98 Å². The summed E-state index contributed by atoms with van der Waals surface area (Å²) < 4.78 is 12.7. The number of benzene rings is 2. The highest BCUT2D eigenvalue weighted by Crippen LogP contribution is 2.33. The van der Waals surface area contributed by atoms with Crippen LogP contribution in [-0.2, 0) is 0 Å².